The van der Waals surface area contributed by atoms with Crippen molar-refractivity contribution in [3.8, 4) is 5.75 Å². The van der Waals surface area contributed by atoms with Crippen LogP contribution in [0.2, 0.25) is 0 Å². The monoisotopic (exact) mass is 495 g/mol. The zero-order valence-electron chi connectivity index (χ0n) is 20.0. The third kappa shape index (κ3) is 6.72. The van der Waals surface area contributed by atoms with Crippen LogP contribution in [-0.2, 0) is 4.79 Å². The summed E-state index contributed by atoms with van der Waals surface area (Å²) in [6, 6.07) is 13.4. The van der Waals surface area contributed by atoms with Crippen molar-refractivity contribution in [1.29, 1.82) is 0 Å². The van der Waals surface area contributed by atoms with Crippen LogP contribution >= 0.6 is 11.8 Å². The Morgan fingerprint density at radius 3 is 2.89 bits per heavy atom. The average molecular weight is 496 g/mol. The molecule has 0 aliphatic carbocycles. The lowest BCUT2D eigenvalue weighted by Gasteiger charge is -2.37. The van der Waals surface area contributed by atoms with E-state index in [1.807, 2.05) is 42.5 Å². The molecule has 4 rings (SSSR count). The van der Waals surface area contributed by atoms with E-state index < -0.39 is 18.0 Å². The molecule has 2 N–H and O–H groups in total. The number of hydrogen-bond acceptors (Lipinski definition) is 7. The predicted molar refractivity (Wildman–Crippen MR) is 138 cm³/mol. The van der Waals surface area contributed by atoms with Gasteiger partial charge < -0.3 is 19.8 Å². The van der Waals surface area contributed by atoms with Crippen LogP contribution in [0.3, 0.4) is 0 Å². The molecule has 1 aromatic carbocycles. The highest BCUT2D eigenvalue weighted by Gasteiger charge is 2.34. The first-order chi connectivity index (χ1) is 17.0. The third-order valence-corrected chi connectivity index (χ3v) is 7.85. The van der Waals surface area contributed by atoms with Gasteiger partial charge in [0.15, 0.2) is 0 Å². The molecule has 0 saturated carbocycles. The van der Waals surface area contributed by atoms with Gasteiger partial charge in [-0.25, -0.2) is 4.98 Å². The zero-order valence-corrected chi connectivity index (χ0v) is 20.9. The first kappa shape index (κ1) is 25.4. The first-order valence-electron chi connectivity index (χ1n) is 12.1. The number of aliphatic hydroxyl groups excluding tert-OH is 1. The van der Waals surface area contributed by atoms with E-state index in [9.17, 15) is 15.0 Å². The second-order valence-electron chi connectivity index (χ2n) is 9.04. The van der Waals surface area contributed by atoms with Crippen molar-refractivity contribution in [2.75, 3.05) is 32.5 Å². The molecular formula is C27H33N3O4S. The molecule has 186 valence electrons. The Bertz CT molecular complexity index is 1110. The predicted octanol–water partition coefficient (Wildman–Crippen LogP) is 4.66. The minimum atomic E-state index is -0.740. The van der Waals surface area contributed by atoms with Crippen molar-refractivity contribution >= 4 is 28.6 Å². The number of carboxylic acids is 1. The molecule has 0 amide bonds. The van der Waals surface area contributed by atoms with Gasteiger partial charge in [0.2, 0.25) is 0 Å². The molecule has 3 atom stereocenters. The molecule has 1 saturated heterocycles. The molecule has 0 radical (unpaired) electrons. The number of ether oxygens (including phenoxy) is 1. The Labute approximate surface area is 210 Å². The van der Waals surface area contributed by atoms with Gasteiger partial charge in [0, 0.05) is 30.1 Å². The van der Waals surface area contributed by atoms with Crippen molar-refractivity contribution in [3.63, 3.8) is 0 Å². The fourth-order valence-electron chi connectivity index (χ4n) is 4.89. The van der Waals surface area contributed by atoms with Gasteiger partial charge in [0.1, 0.15) is 5.75 Å². The number of likely N-dealkylation sites (tertiary alicyclic amines) is 1. The molecule has 2 aromatic heterocycles. The van der Waals surface area contributed by atoms with E-state index in [1.54, 1.807) is 31.3 Å². The minimum absolute atomic E-state index is 0.0592. The maximum atomic E-state index is 12.1. The van der Waals surface area contributed by atoms with E-state index in [0.29, 0.717) is 19.4 Å². The Hall–Kier alpha value is -2.68. The SMILES string of the molecule is COc1ccc2nccc(C(O)CC[C@@H]3CCN(CCCSc4ccccn4)C[C@@H]3C(=O)O)c2c1. The van der Waals surface area contributed by atoms with Crippen LogP contribution in [-0.4, -0.2) is 63.5 Å². The number of methoxy groups -OCH3 is 1. The summed E-state index contributed by atoms with van der Waals surface area (Å²) in [5, 5.41) is 22.8. The molecule has 3 heterocycles. The molecule has 35 heavy (non-hydrogen) atoms. The number of rotatable bonds is 11. The number of aliphatic carboxylic acids is 1. The highest BCUT2D eigenvalue weighted by molar-refractivity contribution is 7.99. The maximum Gasteiger partial charge on any atom is 0.308 e. The van der Waals surface area contributed by atoms with Crippen molar-refractivity contribution in [2.45, 2.75) is 36.8 Å². The van der Waals surface area contributed by atoms with Crippen molar-refractivity contribution in [2.24, 2.45) is 11.8 Å². The van der Waals surface area contributed by atoms with Gasteiger partial charge in [-0.05, 0) is 86.7 Å². The summed E-state index contributed by atoms with van der Waals surface area (Å²) in [6.45, 7) is 2.36. The van der Waals surface area contributed by atoms with Crippen LogP contribution in [0.5, 0.6) is 5.75 Å². The Kier molecular flexibility index (Phi) is 8.95. The number of carbonyl (C=O) groups is 1. The molecule has 3 aromatic rings. The second kappa shape index (κ2) is 12.3. The standard InChI is InChI=1S/C27H33N3O4S/c1-34-20-7-8-24-22(17-20)21(10-13-28-24)25(31)9-6-19-11-15-30(18-23(19)27(32)33)14-4-16-35-26-5-2-3-12-29-26/h2-3,5,7-8,10,12-13,17,19,23,25,31H,4,6,9,11,14-16,18H2,1H3,(H,32,33)/t19-,23+,25?/m1/s1. The second-order valence-corrected chi connectivity index (χ2v) is 10.2. The van der Waals surface area contributed by atoms with E-state index in [4.69, 9.17) is 4.74 Å². The average Bonchev–Trinajstić information content (AvgIpc) is 2.89. The number of carboxylic acid groups (broad SMARTS) is 1. The van der Waals surface area contributed by atoms with Gasteiger partial charge in [-0.2, -0.15) is 0 Å². The largest absolute Gasteiger partial charge is 0.497 e. The molecule has 1 aliphatic heterocycles. The fourth-order valence-corrected chi connectivity index (χ4v) is 5.68. The van der Waals surface area contributed by atoms with Gasteiger partial charge >= 0.3 is 5.97 Å². The Morgan fingerprint density at radius 2 is 2.11 bits per heavy atom. The summed E-state index contributed by atoms with van der Waals surface area (Å²) in [4.78, 5) is 23.1. The van der Waals surface area contributed by atoms with Gasteiger partial charge in [0.25, 0.3) is 0 Å². The summed E-state index contributed by atoms with van der Waals surface area (Å²) in [5.41, 5.74) is 1.61. The number of thioether (sulfide) groups is 1. The highest BCUT2D eigenvalue weighted by Crippen LogP contribution is 2.34. The molecule has 1 unspecified atom stereocenters. The quantitative estimate of drug-likeness (QED) is 0.293. The Morgan fingerprint density at radius 1 is 1.23 bits per heavy atom. The van der Waals surface area contributed by atoms with Gasteiger partial charge in [-0.1, -0.05) is 6.07 Å². The number of pyridine rings is 2. The molecular weight excluding hydrogens is 462 g/mol. The molecule has 1 fully saturated rings. The van der Waals surface area contributed by atoms with E-state index in [1.165, 1.54) is 0 Å². The number of hydrogen-bond donors (Lipinski definition) is 2. The summed E-state index contributed by atoms with van der Waals surface area (Å²) in [6.07, 6.45) is 5.86. The minimum Gasteiger partial charge on any atom is -0.497 e. The number of nitrogens with zero attached hydrogens (tertiary/aromatic N) is 3. The van der Waals surface area contributed by atoms with Crippen LogP contribution in [0.4, 0.5) is 0 Å². The van der Waals surface area contributed by atoms with E-state index in [-0.39, 0.29) is 5.92 Å². The lowest BCUT2D eigenvalue weighted by Crippen LogP contribution is -2.44. The first-order valence-corrected chi connectivity index (χ1v) is 13.1. The Balaban J connectivity index is 1.30. The highest BCUT2D eigenvalue weighted by atomic mass is 32.2. The lowest BCUT2D eigenvalue weighted by molar-refractivity contribution is -0.146. The van der Waals surface area contributed by atoms with E-state index >= 15 is 0 Å². The number of piperidine rings is 1. The van der Waals surface area contributed by atoms with E-state index in [0.717, 1.165) is 58.9 Å². The van der Waals surface area contributed by atoms with Crippen LogP contribution in [0.25, 0.3) is 10.9 Å². The van der Waals surface area contributed by atoms with Crippen molar-refractivity contribution in [3.05, 3.63) is 60.4 Å². The summed E-state index contributed by atoms with van der Waals surface area (Å²) < 4.78 is 5.34. The number of aromatic nitrogens is 2. The van der Waals surface area contributed by atoms with Gasteiger partial charge in [-0.3, -0.25) is 9.78 Å². The smallest absolute Gasteiger partial charge is 0.308 e. The van der Waals surface area contributed by atoms with Crippen molar-refractivity contribution < 1.29 is 19.7 Å². The zero-order chi connectivity index (χ0) is 24.6. The molecule has 0 bridgehead atoms. The normalized spacial score (nSPS) is 19.5. The van der Waals surface area contributed by atoms with Crippen LogP contribution < -0.4 is 4.74 Å². The van der Waals surface area contributed by atoms with Gasteiger partial charge in [-0.15, -0.1) is 11.8 Å². The maximum absolute atomic E-state index is 12.1. The number of aliphatic hydroxyl groups is 1. The van der Waals surface area contributed by atoms with Crippen LogP contribution in [0, 0.1) is 11.8 Å². The summed E-state index contributed by atoms with van der Waals surface area (Å²) in [5.74, 6) is 0.593. The van der Waals surface area contributed by atoms with Crippen molar-refractivity contribution in [1.82, 2.24) is 14.9 Å². The number of fused-ring (bicyclic) bond motifs is 1. The fraction of sp³-hybridized carbons (Fsp3) is 0.444. The third-order valence-electron chi connectivity index (χ3n) is 6.82. The van der Waals surface area contributed by atoms with Crippen LogP contribution in [0.1, 0.15) is 37.4 Å². The molecule has 0 spiro atoms. The van der Waals surface area contributed by atoms with Crippen LogP contribution in [0.15, 0.2) is 59.9 Å². The molecule has 7 nitrogen and oxygen atoms in total. The van der Waals surface area contributed by atoms with Gasteiger partial charge in [0.05, 0.1) is 29.7 Å². The molecule has 1 aliphatic rings. The lowest BCUT2D eigenvalue weighted by atomic mass is 9.81. The number of benzene rings is 1. The topological polar surface area (TPSA) is 95.8 Å². The van der Waals surface area contributed by atoms with E-state index in [2.05, 4.69) is 14.9 Å². The summed E-state index contributed by atoms with van der Waals surface area (Å²) >= 11 is 1.73. The molecule has 8 heteroatoms. The summed E-state index contributed by atoms with van der Waals surface area (Å²) in [7, 11) is 1.62.